The van der Waals surface area contributed by atoms with Crippen LogP contribution < -0.4 is 0 Å². The first kappa shape index (κ1) is 30.1. The Bertz CT molecular complexity index is 838. The van der Waals surface area contributed by atoms with Crippen LogP contribution in [-0.4, -0.2) is 61.3 Å². The topological polar surface area (TPSA) is 116 Å². The average Bonchev–Trinajstić information content (AvgIpc) is 2.72. The number of carbonyl (C=O) groups excluding carboxylic acids is 2. The van der Waals surface area contributed by atoms with Crippen LogP contribution in [0.3, 0.4) is 0 Å². The maximum Gasteiger partial charge on any atom is 0.468 e. The molecular formula is C18H23F7O8S. The van der Waals surface area contributed by atoms with Gasteiger partial charge in [0.2, 0.25) is 0 Å². The first-order chi connectivity index (χ1) is 15.4. The van der Waals surface area contributed by atoms with Gasteiger partial charge in [-0.2, -0.15) is 39.2 Å². The zero-order valence-corrected chi connectivity index (χ0v) is 18.4. The van der Waals surface area contributed by atoms with E-state index in [0.717, 1.165) is 6.08 Å². The Morgan fingerprint density at radius 1 is 1.03 bits per heavy atom. The zero-order chi connectivity index (χ0) is 26.4. The highest BCUT2D eigenvalue weighted by Crippen LogP contribution is 2.42. The van der Waals surface area contributed by atoms with Crippen LogP contribution in [0.25, 0.3) is 0 Å². The lowest BCUT2D eigenvalue weighted by atomic mass is 9.89. The molecule has 0 heterocycles. The van der Waals surface area contributed by atoms with Gasteiger partial charge in [0.05, 0.1) is 12.5 Å². The van der Waals surface area contributed by atoms with E-state index < -0.39 is 77.2 Å². The highest BCUT2D eigenvalue weighted by Gasteiger charge is 2.68. The Balaban J connectivity index is 3.11. The molecule has 34 heavy (non-hydrogen) atoms. The summed E-state index contributed by atoms with van der Waals surface area (Å²) < 4.78 is 138. The van der Waals surface area contributed by atoms with Gasteiger partial charge >= 0.3 is 45.2 Å². The molecule has 1 saturated carbocycles. The van der Waals surface area contributed by atoms with Crippen LogP contribution in [0.2, 0.25) is 0 Å². The molecule has 0 bridgehead atoms. The van der Waals surface area contributed by atoms with E-state index in [2.05, 4.69) is 20.8 Å². The molecule has 0 aromatic carbocycles. The average molecular weight is 532 g/mol. The Kier molecular flexibility index (Phi) is 9.91. The van der Waals surface area contributed by atoms with Gasteiger partial charge in [0.1, 0.15) is 6.61 Å². The van der Waals surface area contributed by atoms with Gasteiger partial charge in [-0.3, -0.25) is 9.35 Å². The lowest BCUT2D eigenvalue weighted by molar-refractivity contribution is -0.357. The molecule has 1 fully saturated rings. The van der Waals surface area contributed by atoms with Crippen molar-refractivity contribution in [1.82, 2.24) is 0 Å². The minimum atomic E-state index is -6.56. The Morgan fingerprint density at radius 2 is 1.59 bits per heavy atom. The highest BCUT2D eigenvalue weighted by molar-refractivity contribution is 7.87. The molecule has 0 aromatic heterocycles. The number of rotatable bonds is 12. The number of carbonyl (C=O) groups is 2. The largest absolute Gasteiger partial charge is 0.468 e. The second kappa shape index (κ2) is 11.2. The van der Waals surface area contributed by atoms with E-state index in [0.29, 0.717) is 19.3 Å². The van der Waals surface area contributed by atoms with Gasteiger partial charge in [0.25, 0.3) is 0 Å². The van der Waals surface area contributed by atoms with Gasteiger partial charge in [-0.25, -0.2) is 4.79 Å². The summed E-state index contributed by atoms with van der Waals surface area (Å²) in [5, 5.41) is -5.95. The van der Waals surface area contributed by atoms with Crippen LogP contribution in [0.1, 0.15) is 44.9 Å². The summed E-state index contributed by atoms with van der Waals surface area (Å²) in [7, 11) is -6.56. The van der Waals surface area contributed by atoms with Crippen LogP contribution in [0.4, 0.5) is 30.7 Å². The molecule has 0 saturated heterocycles. The van der Waals surface area contributed by atoms with Crippen molar-refractivity contribution in [2.75, 3.05) is 13.2 Å². The van der Waals surface area contributed by atoms with Crippen molar-refractivity contribution in [2.24, 2.45) is 5.92 Å². The molecule has 0 amide bonds. The van der Waals surface area contributed by atoms with Gasteiger partial charge in [0, 0.05) is 6.42 Å². The number of esters is 2. The van der Waals surface area contributed by atoms with Gasteiger partial charge < -0.3 is 14.2 Å². The minimum absolute atomic E-state index is 0.158. The van der Waals surface area contributed by atoms with Crippen molar-refractivity contribution in [3.63, 3.8) is 0 Å². The quantitative estimate of drug-likeness (QED) is 0.100. The van der Waals surface area contributed by atoms with E-state index in [-0.39, 0.29) is 12.8 Å². The summed E-state index contributed by atoms with van der Waals surface area (Å²) in [5.74, 6) is -14.5. The van der Waals surface area contributed by atoms with E-state index >= 15 is 0 Å². The normalized spacial score (nSPS) is 18.1. The molecule has 1 atom stereocenters. The SMILES string of the molecule is C=CCOC(=O)C(OCCCC(F)(F)C(F)(F)S(=O)(=O)O)(OC(=O)C1CCCCC1)C(F)(F)F. The molecule has 1 unspecified atom stereocenters. The lowest BCUT2D eigenvalue weighted by Crippen LogP contribution is -2.59. The number of alkyl halides is 7. The summed E-state index contributed by atoms with van der Waals surface area (Å²) in [5.41, 5.74) is 0. The predicted molar refractivity (Wildman–Crippen MR) is 99.2 cm³/mol. The first-order valence-corrected chi connectivity index (χ1v) is 11.3. The molecule has 0 spiro atoms. The lowest BCUT2D eigenvalue weighted by Gasteiger charge is -2.34. The van der Waals surface area contributed by atoms with Crippen LogP contribution >= 0.6 is 0 Å². The van der Waals surface area contributed by atoms with Crippen molar-refractivity contribution in [1.29, 1.82) is 0 Å². The molecule has 0 radical (unpaired) electrons. The fraction of sp³-hybridized carbons (Fsp3) is 0.778. The Labute approximate surface area is 190 Å². The molecule has 0 aromatic rings. The van der Waals surface area contributed by atoms with E-state index in [4.69, 9.17) is 4.55 Å². The maximum absolute atomic E-state index is 13.9. The fourth-order valence-electron chi connectivity index (χ4n) is 3.02. The monoisotopic (exact) mass is 532 g/mol. The molecule has 8 nitrogen and oxygen atoms in total. The summed E-state index contributed by atoms with van der Waals surface area (Å²) in [6, 6.07) is 0. The van der Waals surface area contributed by atoms with Gasteiger partial charge in [-0.1, -0.05) is 31.9 Å². The third-order valence-corrected chi connectivity index (χ3v) is 5.79. The predicted octanol–water partition coefficient (Wildman–Crippen LogP) is 4.01. The standard InChI is InChI=1S/C18H23F7O8S/c1-2-10-31-14(27)16(17(21,22)23,33-13(26)12-7-4-3-5-8-12)32-11-6-9-15(19,20)18(24,25)34(28,29)30/h2,12H,1,3-11H2,(H,28,29,30). The fourth-order valence-corrected chi connectivity index (χ4v) is 3.50. The zero-order valence-electron chi connectivity index (χ0n) is 17.6. The molecule has 1 rings (SSSR count). The number of halogens is 7. The molecule has 1 aliphatic carbocycles. The van der Waals surface area contributed by atoms with E-state index in [9.17, 15) is 48.7 Å². The molecule has 1 aliphatic rings. The summed E-state index contributed by atoms with van der Waals surface area (Å²) >= 11 is 0. The van der Waals surface area contributed by atoms with Gasteiger partial charge in [-0.15, -0.1) is 0 Å². The van der Waals surface area contributed by atoms with Crippen LogP contribution in [0.5, 0.6) is 0 Å². The maximum atomic E-state index is 13.9. The number of ether oxygens (including phenoxy) is 3. The highest BCUT2D eigenvalue weighted by atomic mass is 32.2. The van der Waals surface area contributed by atoms with Gasteiger partial charge in [0.15, 0.2) is 0 Å². The molecule has 1 N–H and O–H groups in total. The van der Waals surface area contributed by atoms with Crippen molar-refractivity contribution < 1.29 is 67.5 Å². The summed E-state index contributed by atoms with van der Waals surface area (Å²) in [6.45, 7) is 0.831. The van der Waals surface area contributed by atoms with E-state index in [1.165, 1.54) is 0 Å². The Morgan fingerprint density at radius 3 is 2.06 bits per heavy atom. The molecule has 16 heteroatoms. The van der Waals surface area contributed by atoms with Crippen molar-refractivity contribution in [2.45, 2.75) is 68.1 Å². The van der Waals surface area contributed by atoms with Crippen molar-refractivity contribution in [3.05, 3.63) is 12.7 Å². The van der Waals surface area contributed by atoms with Crippen molar-refractivity contribution >= 4 is 22.1 Å². The first-order valence-electron chi connectivity index (χ1n) is 9.87. The van der Waals surface area contributed by atoms with E-state index in [1.54, 1.807) is 0 Å². The number of hydrogen-bond acceptors (Lipinski definition) is 7. The van der Waals surface area contributed by atoms with Crippen LogP contribution in [-0.2, 0) is 33.9 Å². The second-order valence-corrected chi connectivity index (χ2v) is 8.87. The molecular weight excluding hydrogens is 509 g/mol. The molecule has 198 valence electrons. The van der Waals surface area contributed by atoms with Crippen LogP contribution in [0, 0.1) is 5.92 Å². The van der Waals surface area contributed by atoms with Crippen LogP contribution in [0.15, 0.2) is 12.7 Å². The third kappa shape index (κ3) is 6.81. The summed E-state index contributed by atoms with van der Waals surface area (Å²) in [6.07, 6.45) is -6.32. The number of hydrogen-bond donors (Lipinski definition) is 1. The van der Waals surface area contributed by atoms with E-state index in [1.807, 2.05) is 0 Å². The Hall–Kier alpha value is -1.94. The van der Waals surface area contributed by atoms with Gasteiger partial charge in [-0.05, 0) is 19.3 Å². The third-order valence-electron chi connectivity index (χ3n) is 4.85. The van der Waals surface area contributed by atoms with Crippen molar-refractivity contribution in [3.8, 4) is 0 Å². The summed E-state index contributed by atoms with van der Waals surface area (Å²) in [4.78, 5) is 24.5. The smallest absolute Gasteiger partial charge is 0.456 e. The molecule has 0 aliphatic heterocycles. The minimum Gasteiger partial charge on any atom is -0.456 e. The second-order valence-electron chi connectivity index (χ2n) is 7.41.